The lowest BCUT2D eigenvalue weighted by Gasteiger charge is -2.38. The molecule has 4 nitrogen and oxygen atoms in total. The number of carbonyl (C=O) groups is 1. The molecule has 0 saturated heterocycles. The highest BCUT2D eigenvalue weighted by atomic mass is 16.3. The fourth-order valence-electron chi connectivity index (χ4n) is 2.27. The molecule has 1 rings (SSSR count). The first-order valence-electron chi connectivity index (χ1n) is 5.55. The number of aliphatic hydroxyl groups excluding tert-OH is 1. The molecule has 0 bridgehead atoms. The molecule has 0 aromatic carbocycles. The van der Waals surface area contributed by atoms with Gasteiger partial charge in [0.15, 0.2) is 0 Å². The summed E-state index contributed by atoms with van der Waals surface area (Å²) < 4.78 is 0. The summed E-state index contributed by atoms with van der Waals surface area (Å²) in [6, 6.07) is 0. The molecule has 1 saturated carbocycles. The third-order valence-electron chi connectivity index (χ3n) is 3.57. The maximum atomic E-state index is 11.7. The predicted octanol–water partition coefficient (Wildman–Crippen LogP) is 0.215. The van der Waals surface area contributed by atoms with E-state index in [1.807, 2.05) is 7.05 Å². The molecular formula is C11H22N2O2. The molecule has 1 fully saturated rings. The topological polar surface area (TPSA) is 52.6 Å². The Morgan fingerprint density at radius 2 is 2.00 bits per heavy atom. The number of carbonyl (C=O) groups excluding carboxylic acids is 1. The first kappa shape index (κ1) is 12.5. The molecule has 1 aliphatic rings. The van der Waals surface area contributed by atoms with Gasteiger partial charge in [-0.15, -0.1) is 0 Å². The molecule has 0 aliphatic heterocycles. The molecule has 1 amide bonds. The smallest absolute Gasteiger partial charge is 0.225 e. The van der Waals surface area contributed by atoms with E-state index in [0.29, 0.717) is 0 Å². The lowest BCUT2D eigenvalue weighted by atomic mass is 9.76. The zero-order chi connectivity index (χ0) is 11.5. The van der Waals surface area contributed by atoms with Crippen molar-refractivity contribution in [2.75, 3.05) is 27.7 Å². The van der Waals surface area contributed by atoms with E-state index in [-0.39, 0.29) is 24.0 Å². The van der Waals surface area contributed by atoms with Gasteiger partial charge >= 0.3 is 0 Å². The monoisotopic (exact) mass is 214 g/mol. The Bertz CT molecular complexity index is 215. The summed E-state index contributed by atoms with van der Waals surface area (Å²) in [5.74, 6) is 0.366. The maximum Gasteiger partial charge on any atom is 0.225 e. The second kappa shape index (κ2) is 4.94. The van der Waals surface area contributed by atoms with Crippen molar-refractivity contribution in [3.8, 4) is 0 Å². The van der Waals surface area contributed by atoms with E-state index in [2.05, 4.69) is 5.32 Å². The van der Waals surface area contributed by atoms with E-state index in [1.54, 1.807) is 19.0 Å². The summed E-state index contributed by atoms with van der Waals surface area (Å²) in [5, 5.41) is 12.5. The number of aliphatic hydroxyl groups is 1. The van der Waals surface area contributed by atoms with Crippen LogP contribution in [-0.4, -0.2) is 49.2 Å². The predicted molar refractivity (Wildman–Crippen MR) is 59.5 cm³/mol. The standard InChI is InChI=1S/C11H22N2O2/c1-12-11(8-14)6-4-9(5-7-11)10(15)13(2)3/h9,12,14H,4-8H2,1-3H3. The number of nitrogens with zero attached hydrogens (tertiary/aromatic N) is 1. The van der Waals surface area contributed by atoms with Crippen LogP contribution in [0.5, 0.6) is 0 Å². The third-order valence-corrected chi connectivity index (χ3v) is 3.57. The Hall–Kier alpha value is -0.610. The number of nitrogens with one attached hydrogen (secondary N) is 1. The lowest BCUT2D eigenvalue weighted by Crippen LogP contribution is -2.50. The van der Waals surface area contributed by atoms with E-state index in [9.17, 15) is 9.90 Å². The largest absolute Gasteiger partial charge is 0.394 e. The van der Waals surface area contributed by atoms with Gasteiger partial charge in [0.2, 0.25) is 5.91 Å². The van der Waals surface area contributed by atoms with Crippen LogP contribution in [0.1, 0.15) is 25.7 Å². The van der Waals surface area contributed by atoms with Crippen LogP contribution in [0, 0.1) is 5.92 Å². The SMILES string of the molecule is CNC1(CO)CCC(C(=O)N(C)C)CC1. The highest BCUT2D eigenvalue weighted by Crippen LogP contribution is 2.32. The lowest BCUT2D eigenvalue weighted by molar-refractivity contribution is -0.134. The van der Waals surface area contributed by atoms with Crippen LogP contribution >= 0.6 is 0 Å². The average molecular weight is 214 g/mol. The molecule has 1 aliphatic carbocycles. The molecule has 0 unspecified atom stereocenters. The maximum absolute atomic E-state index is 11.7. The molecule has 4 heteroatoms. The second-order valence-electron chi connectivity index (χ2n) is 4.70. The Morgan fingerprint density at radius 1 is 1.47 bits per heavy atom. The van der Waals surface area contributed by atoms with Crippen LogP contribution in [0.25, 0.3) is 0 Å². The Morgan fingerprint density at radius 3 is 2.33 bits per heavy atom. The summed E-state index contributed by atoms with van der Waals surface area (Å²) in [6.45, 7) is 0.159. The van der Waals surface area contributed by atoms with Crippen LogP contribution in [0.15, 0.2) is 0 Å². The molecule has 0 heterocycles. The van der Waals surface area contributed by atoms with E-state index < -0.39 is 0 Å². The van der Waals surface area contributed by atoms with Crippen molar-refractivity contribution in [1.82, 2.24) is 10.2 Å². The van der Waals surface area contributed by atoms with E-state index in [1.165, 1.54) is 0 Å². The van der Waals surface area contributed by atoms with Crippen molar-refractivity contribution in [3.05, 3.63) is 0 Å². The Labute approximate surface area is 91.6 Å². The van der Waals surface area contributed by atoms with Crippen molar-refractivity contribution in [3.63, 3.8) is 0 Å². The van der Waals surface area contributed by atoms with Gasteiger partial charge < -0.3 is 15.3 Å². The fourth-order valence-corrected chi connectivity index (χ4v) is 2.27. The van der Waals surface area contributed by atoms with Gasteiger partial charge in [-0.1, -0.05) is 0 Å². The number of hydrogen-bond acceptors (Lipinski definition) is 3. The van der Waals surface area contributed by atoms with Gasteiger partial charge in [0.05, 0.1) is 6.61 Å². The van der Waals surface area contributed by atoms with E-state index >= 15 is 0 Å². The van der Waals surface area contributed by atoms with Crippen LogP contribution in [0.2, 0.25) is 0 Å². The van der Waals surface area contributed by atoms with Crippen molar-refractivity contribution in [2.24, 2.45) is 5.92 Å². The summed E-state index contributed by atoms with van der Waals surface area (Å²) >= 11 is 0. The zero-order valence-corrected chi connectivity index (χ0v) is 9.92. The molecule has 0 spiro atoms. The minimum atomic E-state index is -0.150. The summed E-state index contributed by atoms with van der Waals surface area (Å²) in [4.78, 5) is 13.4. The zero-order valence-electron chi connectivity index (χ0n) is 9.92. The number of likely N-dealkylation sites (N-methyl/N-ethyl adjacent to an activating group) is 1. The highest BCUT2D eigenvalue weighted by molar-refractivity contribution is 5.78. The van der Waals surface area contributed by atoms with Crippen LogP contribution in [0.4, 0.5) is 0 Å². The van der Waals surface area contributed by atoms with Gasteiger partial charge in [0.25, 0.3) is 0 Å². The molecule has 2 N–H and O–H groups in total. The summed E-state index contributed by atoms with van der Waals surface area (Å²) in [7, 11) is 5.48. The second-order valence-corrected chi connectivity index (χ2v) is 4.70. The molecule has 0 aromatic heterocycles. The molecule has 88 valence electrons. The molecule has 0 radical (unpaired) electrons. The quantitative estimate of drug-likeness (QED) is 0.706. The first-order valence-corrected chi connectivity index (χ1v) is 5.55. The Balaban J connectivity index is 2.52. The first-order chi connectivity index (χ1) is 7.04. The molecule has 15 heavy (non-hydrogen) atoms. The minimum absolute atomic E-state index is 0.146. The minimum Gasteiger partial charge on any atom is -0.394 e. The number of amides is 1. The fraction of sp³-hybridized carbons (Fsp3) is 0.909. The molecule has 0 aromatic rings. The van der Waals surface area contributed by atoms with Gasteiger partial charge in [-0.2, -0.15) is 0 Å². The summed E-state index contributed by atoms with van der Waals surface area (Å²) in [6.07, 6.45) is 3.51. The highest BCUT2D eigenvalue weighted by Gasteiger charge is 2.36. The molecular weight excluding hydrogens is 192 g/mol. The van der Waals surface area contributed by atoms with Gasteiger partial charge in [-0.25, -0.2) is 0 Å². The van der Waals surface area contributed by atoms with Crippen LogP contribution < -0.4 is 5.32 Å². The van der Waals surface area contributed by atoms with Gasteiger partial charge in [0.1, 0.15) is 0 Å². The molecule has 0 atom stereocenters. The average Bonchev–Trinajstić information content (AvgIpc) is 2.28. The third kappa shape index (κ3) is 2.69. The number of rotatable bonds is 3. The van der Waals surface area contributed by atoms with Crippen LogP contribution in [0.3, 0.4) is 0 Å². The number of hydrogen-bond donors (Lipinski definition) is 2. The Kier molecular flexibility index (Phi) is 4.11. The van der Waals surface area contributed by atoms with Gasteiger partial charge in [-0.05, 0) is 32.7 Å². The van der Waals surface area contributed by atoms with Gasteiger partial charge in [-0.3, -0.25) is 4.79 Å². The summed E-state index contributed by atoms with van der Waals surface area (Å²) in [5.41, 5.74) is -0.150. The van der Waals surface area contributed by atoms with E-state index in [0.717, 1.165) is 25.7 Å². The van der Waals surface area contributed by atoms with Crippen molar-refractivity contribution < 1.29 is 9.90 Å². The normalized spacial score (nSPS) is 31.3. The van der Waals surface area contributed by atoms with Crippen molar-refractivity contribution in [2.45, 2.75) is 31.2 Å². The van der Waals surface area contributed by atoms with E-state index in [4.69, 9.17) is 0 Å². The van der Waals surface area contributed by atoms with Crippen molar-refractivity contribution >= 4 is 5.91 Å². The van der Waals surface area contributed by atoms with Crippen molar-refractivity contribution in [1.29, 1.82) is 0 Å². The van der Waals surface area contributed by atoms with Crippen LogP contribution in [-0.2, 0) is 4.79 Å². The van der Waals surface area contributed by atoms with Gasteiger partial charge in [0, 0.05) is 25.6 Å².